The first kappa shape index (κ1) is 17.0. The SMILES string of the molecule is CCC(C)(C)c1ccc(C(NC)C(F)(F)C(F)F)cc1. The highest BCUT2D eigenvalue weighted by molar-refractivity contribution is 5.30. The molecule has 1 N–H and O–H groups in total. The number of nitrogens with one attached hydrogen (secondary N) is 1. The summed E-state index contributed by atoms with van der Waals surface area (Å²) in [5.41, 5.74) is 1.09. The van der Waals surface area contributed by atoms with Crippen LogP contribution in [-0.2, 0) is 5.41 Å². The van der Waals surface area contributed by atoms with Gasteiger partial charge in [-0.15, -0.1) is 0 Å². The van der Waals surface area contributed by atoms with Gasteiger partial charge in [0.25, 0.3) is 0 Å². The number of alkyl halides is 4. The van der Waals surface area contributed by atoms with Crippen molar-refractivity contribution < 1.29 is 17.6 Å². The van der Waals surface area contributed by atoms with Crippen molar-refractivity contribution in [3.63, 3.8) is 0 Å². The molecule has 1 nitrogen and oxygen atoms in total. The van der Waals surface area contributed by atoms with Crippen molar-refractivity contribution in [1.82, 2.24) is 5.32 Å². The van der Waals surface area contributed by atoms with Gasteiger partial charge < -0.3 is 5.32 Å². The highest BCUT2D eigenvalue weighted by Gasteiger charge is 2.48. The van der Waals surface area contributed by atoms with E-state index in [1.807, 2.05) is 20.8 Å². The van der Waals surface area contributed by atoms with Crippen LogP contribution in [0.5, 0.6) is 0 Å². The van der Waals surface area contributed by atoms with Crippen molar-refractivity contribution >= 4 is 0 Å². The molecular weight excluding hydrogens is 270 g/mol. The average Bonchev–Trinajstić information content (AvgIpc) is 2.39. The van der Waals surface area contributed by atoms with E-state index >= 15 is 0 Å². The first-order valence-corrected chi connectivity index (χ1v) is 6.60. The fourth-order valence-corrected chi connectivity index (χ4v) is 2.04. The molecule has 0 heterocycles. The summed E-state index contributed by atoms with van der Waals surface area (Å²) in [6, 6.07) is 4.74. The molecule has 0 aliphatic rings. The lowest BCUT2D eigenvalue weighted by molar-refractivity contribution is -0.150. The molecule has 5 heteroatoms. The highest BCUT2D eigenvalue weighted by Crippen LogP contribution is 2.37. The van der Waals surface area contributed by atoms with Gasteiger partial charge >= 0.3 is 12.3 Å². The molecule has 0 bridgehead atoms. The second-order valence-electron chi connectivity index (χ2n) is 5.56. The normalized spacial score (nSPS) is 14.7. The van der Waals surface area contributed by atoms with Crippen LogP contribution >= 0.6 is 0 Å². The van der Waals surface area contributed by atoms with E-state index < -0.39 is 18.4 Å². The summed E-state index contributed by atoms with van der Waals surface area (Å²) in [6.07, 6.45) is -2.80. The standard InChI is InChI=1S/C15H21F4N/c1-5-14(2,3)11-8-6-10(7-9-11)12(20-4)15(18,19)13(16)17/h6-9,12-13,20H,5H2,1-4H3. The van der Waals surface area contributed by atoms with Crippen molar-refractivity contribution in [3.8, 4) is 0 Å². The lowest BCUT2D eigenvalue weighted by Gasteiger charge is -2.28. The topological polar surface area (TPSA) is 12.0 Å². The molecule has 0 aliphatic heterocycles. The summed E-state index contributed by atoms with van der Waals surface area (Å²) in [5, 5.41) is 2.28. The zero-order valence-corrected chi connectivity index (χ0v) is 12.2. The number of hydrogen-bond acceptors (Lipinski definition) is 1. The molecule has 0 aromatic heterocycles. The molecule has 0 radical (unpaired) electrons. The Kier molecular flexibility index (Phi) is 5.19. The second-order valence-corrected chi connectivity index (χ2v) is 5.56. The van der Waals surface area contributed by atoms with Gasteiger partial charge in [-0.25, -0.2) is 8.78 Å². The fraction of sp³-hybridized carbons (Fsp3) is 0.600. The Hall–Kier alpha value is -1.10. The molecule has 0 amide bonds. The van der Waals surface area contributed by atoms with Gasteiger partial charge in [0.2, 0.25) is 0 Å². The summed E-state index contributed by atoms with van der Waals surface area (Å²) in [4.78, 5) is 0. The minimum absolute atomic E-state index is 0.0705. The van der Waals surface area contributed by atoms with Crippen LogP contribution in [0.3, 0.4) is 0 Å². The van der Waals surface area contributed by atoms with Crippen LogP contribution in [0, 0.1) is 0 Å². The fourth-order valence-electron chi connectivity index (χ4n) is 2.04. The van der Waals surface area contributed by atoms with Crippen LogP contribution in [0.15, 0.2) is 24.3 Å². The van der Waals surface area contributed by atoms with E-state index in [0.717, 1.165) is 12.0 Å². The largest absolute Gasteiger partial charge is 0.326 e. The van der Waals surface area contributed by atoms with E-state index in [-0.39, 0.29) is 11.0 Å². The van der Waals surface area contributed by atoms with Crippen LogP contribution in [-0.4, -0.2) is 19.4 Å². The van der Waals surface area contributed by atoms with E-state index in [2.05, 4.69) is 5.32 Å². The van der Waals surface area contributed by atoms with Gasteiger partial charge in [-0.3, -0.25) is 0 Å². The monoisotopic (exact) mass is 291 g/mol. The minimum Gasteiger partial charge on any atom is -0.308 e. The first-order chi connectivity index (χ1) is 9.16. The maximum absolute atomic E-state index is 13.5. The Balaban J connectivity index is 3.08. The van der Waals surface area contributed by atoms with Crippen molar-refractivity contribution in [3.05, 3.63) is 35.4 Å². The van der Waals surface area contributed by atoms with Crippen LogP contribution in [0.1, 0.15) is 44.4 Å². The first-order valence-electron chi connectivity index (χ1n) is 6.60. The van der Waals surface area contributed by atoms with E-state index in [0.29, 0.717) is 0 Å². The van der Waals surface area contributed by atoms with Gasteiger partial charge in [0.1, 0.15) is 6.04 Å². The predicted octanol–water partition coefficient (Wildman–Crippen LogP) is 4.54. The molecular formula is C15H21F4N. The molecule has 114 valence electrons. The minimum atomic E-state index is -4.10. The van der Waals surface area contributed by atoms with Gasteiger partial charge in [-0.1, -0.05) is 45.0 Å². The predicted molar refractivity (Wildman–Crippen MR) is 72.5 cm³/mol. The Morgan fingerprint density at radius 2 is 1.60 bits per heavy atom. The van der Waals surface area contributed by atoms with Crippen LogP contribution < -0.4 is 5.32 Å². The maximum Gasteiger partial charge on any atom is 0.326 e. The maximum atomic E-state index is 13.5. The Labute approximate surface area is 117 Å². The Morgan fingerprint density at radius 3 is 1.95 bits per heavy atom. The molecule has 1 unspecified atom stereocenters. The third-order valence-corrected chi connectivity index (χ3v) is 3.87. The quantitative estimate of drug-likeness (QED) is 0.759. The highest BCUT2D eigenvalue weighted by atomic mass is 19.3. The van der Waals surface area contributed by atoms with Crippen LogP contribution in [0.25, 0.3) is 0 Å². The van der Waals surface area contributed by atoms with E-state index in [1.54, 1.807) is 12.1 Å². The molecule has 1 aromatic rings. The Bertz CT molecular complexity index is 426. The molecule has 0 fully saturated rings. The molecule has 0 saturated carbocycles. The van der Waals surface area contributed by atoms with Crippen molar-refractivity contribution in [2.45, 2.75) is 51.0 Å². The van der Waals surface area contributed by atoms with Crippen molar-refractivity contribution in [2.75, 3.05) is 7.05 Å². The van der Waals surface area contributed by atoms with Gasteiger partial charge in [-0.05, 0) is 30.0 Å². The van der Waals surface area contributed by atoms with Crippen molar-refractivity contribution in [2.24, 2.45) is 0 Å². The third-order valence-electron chi connectivity index (χ3n) is 3.87. The van der Waals surface area contributed by atoms with Gasteiger partial charge in [0.05, 0.1) is 0 Å². The molecule has 1 atom stereocenters. The number of halogens is 4. The number of hydrogen-bond donors (Lipinski definition) is 1. The average molecular weight is 291 g/mol. The zero-order chi connectivity index (χ0) is 15.6. The lowest BCUT2D eigenvalue weighted by atomic mass is 9.81. The molecule has 20 heavy (non-hydrogen) atoms. The number of rotatable bonds is 6. The van der Waals surface area contributed by atoms with Gasteiger partial charge in [-0.2, -0.15) is 8.78 Å². The second kappa shape index (κ2) is 6.12. The van der Waals surface area contributed by atoms with Crippen LogP contribution in [0.4, 0.5) is 17.6 Å². The number of benzene rings is 1. The summed E-state index contributed by atoms with van der Waals surface area (Å²) in [7, 11) is 1.25. The van der Waals surface area contributed by atoms with Gasteiger partial charge in [0.15, 0.2) is 0 Å². The van der Waals surface area contributed by atoms with E-state index in [4.69, 9.17) is 0 Å². The summed E-state index contributed by atoms with van der Waals surface area (Å²) >= 11 is 0. The third kappa shape index (κ3) is 3.32. The van der Waals surface area contributed by atoms with Crippen LogP contribution in [0.2, 0.25) is 0 Å². The molecule has 1 aromatic carbocycles. The Morgan fingerprint density at radius 1 is 1.10 bits per heavy atom. The van der Waals surface area contributed by atoms with E-state index in [9.17, 15) is 17.6 Å². The molecule has 0 saturated heterocycles. The summed E-state index contributed by atoms with van der Waals surface area (Å²) in [5.74, 6) is -4.10. The smallest absolute Gasteiger partial charge is 0.308 e. The van der Waals surface area contributed by atoms with Gasteiger partial charge in [0, 0.05) is 0 Å². The molecule has 0 aliphatic carbocycles. The zero-order valence-electron chi connectivity index (χ0n) is 12.2. The lowest BCUT2D eigenvalue weighted by Crippen LogP contribution is -2.41. The summed E-state index contributed by atoms with van der Waals surface area (Å²) < 4.78 is 51.9. The molecule has 0 spiro atoms. The van der Waals surface area contributed by atoms with Crippen molar-refractivity contribution in [1.29, 1.82) is 0 Å². The molecule has 1 rings (SSSR count). The summed E-state index contributed by atoms with van der Waals surface area (Å²) in [6.45, 7) is 6.13. The van der Waals surface area contributed by atoms with E-state index in [1.165, 1.54) is 19.2 Å².